The lowest BCUT2D eigenvalue weighted by Crippen LogP contribution is -2.65. The van der Waals surface area contributed by atoms with Gasteiger partial charge in [-0.1, -0.05) is 20.8 Å². The summed E-state index contributed by atoms with van der Waals surface area (Å²) in [6.45, 7) is 7.20. The number of fused-ring (bicyclic) bond motifs is 2. The maximum Gasteiger partial charge on any atom is 0.336 e. The lowest BCUT2D eigenvalue weighted by molar-refractivity contribution is -0.197. The molecule has 0 radical (unpaired) electrons. The van der Waals surface area contributed by atoms with Crippen LogP contribution in [0.1, 0.15) is 52.9 Å². The Bertz CT molecular complexity index is 640. The molecule has 1 spiro atoms. The lowest BCUT2D eigenvalue weighted by atomic mass is 9.43. The molecule has 3 N–H and O–H groups in total. The van der Waals surface area contributed by atoms with Crippen LogP contribution in [0.5, 0.6) is 0 Å². The molecular formula is C20H30O6. The lowest BCUT2D eigenvalue weighted by Gasteiger charge is -2.61. The van der Waals surface area contributed by atoms with Crippen molar-refractivity contribution in [1.82, 2.24) is 0 Å². The fourth-order valence-corrected chi connectivity index (χ4v) is 6.19. The van der Waals surface area contributed by atoms with E-state index in [0.29, 0.717) is 30.9 Å². The van der Waals surface area contributed by atoms with E-state index < -0.39 is 30.1 Å². The van der Waals surface area contributed by atoms with Crippen molar-refractivity contribution in [1.29, 1.82) is 0 Å². The predicted molar refractivity (Wildman–Crippen MR) is 92.8 cm³/mol. The molecule has 1 saturated heterocycles. The van der Waals surface area contributed by atoms with E-state index in [4.69, 9.17) is 9.47 Å². The second-order valence-corrected chi connectivity index (χ2v) is 9.33. The van der Waals surface area contributed by atoms with Crippen molar-refractivity contribution in [3.05, 3.63) is 11.6 Å². The van der Waals surface area contributed by atoms with Crippen molar-refractivity contribution in [2.75, 3.05) is 6.61 Å². The van der Waals surface area contributed by atoms with Crippen LogP contribution in [-0.4, -0.2) is 52.0 Å². The molecule has 0 aromatic heterocycles. The average molecular weight is 366 g/mol. The normalized spacial score (nSPS) is 53.2. The zero-order valence-electron chi connectivity index (χ0n) is 15.8. The highest BCUT2D eigenvalue weighted by atomic mass is 16.6. The Morgan fingerprint density at radius 1 is 1.27 bits per heavy atom. The second-order valence-electron chi connectivity index (χ2n) is 9.33. The van der Waals surface area contributed by atoms with Crippen LogP contribution in [0, 0.1) is 22.7 Å². The number of hydrogen-bond acceptors (Lipinski definition) is 6. The Balaban J connectivity index is 1.62. The minimum atomic E-state index is -1.13. The van der Waals surface area contributed by atoms with Crippen molar-refractivity contribution >= 4 is 5.97 Å². The number of aliphatic hydroxyl groups is 3. The molecule has 2 aliphatic heterocycles. The summed E-state index contributed by atoms with van der Waals surface area (Å²) in [6, 6.07) is 0. The standard InChI is InChI=1S/C20H30O6/c1-11-4-7-19(3)14(9-13(21)16(23)20(19)10-25-20)18(11,2)6-5-12-8-15(22)26-17(12)24/h8,11,13-16,21-23H,4-7,9-10H2,1-3H3/t11-,13+,14-,15-,16+,18+,19-,20-/m1/s1. The number of carbonyl (C=O) groups excluding carboxylic acids is 1. The van der Waals surface area contributed by atoms with E-state index in [0.717, 1.165) is 19.3 Å². The average Bonchev–Trinajstić information content (AvgIpc) is 3.33. The first-order valence-electron chi connectivity index (χ1n) is 9.74. The van der Waals surface area contributed by atoms with Gasteiger partial charge in [-0.15, -0.1) is 0 Å². The predicted octanol–water partition coefficient (Wildman–Crippen LogP) is 1.52. The van der Waals surface area contributed by atoms with E-state index in [1.807, 2.05) is 0 Å². The van der Waals surface area contributed by atoms with Gasteiger partial charge in [0.05, 0.1) is 12.7 Å². The minimum absolute atomic E-state index is 0.0955. The molecule has 6 heteroatoms. The number of hydrogen-bond donors (Lipinski definition) is 3. The molecule has 26 heavy (non-hydrogen) atoms. The molecule has 0 aromatic rings. The van der Waals surface area contributed by atoms with Gasteiger partial charge in [0, 0.05) is 11.0 Å². The van der Waals surface area contributed by atoms with E-state index in [-0.39, 0.29) is 16.7 Å². The second kappa shape index (κ2) is 5.77. The molecule has 146 valence electrons. The Morgan fingerprint density at radius 3 is 2.54 bits per heavy atom. The van der Waals surface area contributed by atoms with Gasteiger partial charge >= 0.3 is 5.97 Å². The number of aliphatic hydroxyl groups excluding tert-OH is 3. The molecular weight excluding hydrogens is 336 g/mol. The largest absolute Gasteiger partial charge is 0.429 e. The topological polar surface area (TPSA) is 99.5 Å². The SMILES string of the molecule is C[C@@H]1CC[C@]2(C)[C@H](C[C@H](O)[C@H](O)[C@]23CO3)[C@@]1(C)CCC1=C[C@H](O)OC1=O. The summed E-state index contributed by atoms with van der Waals surface area (Å²) in [5, 5.41) is 30.6. The van der Waals surface area contributed by atoms with E-state index >= 15 is 0 Å². The van der Waals surface area contributed by atoms with Gasteiger partial charge in [0.2, 0.25) is 6.29 Å². The van der Waals surface area contributed by atoms with Gasteiger partial charge in [-0.3, -0.25) is 0 Å². The molecule has 0 bridgehead atoms. The molecule has 0 unspecified atom stereocenters. The van der Waals surface area contributed by atoms with Crippen molar-refractivity contribution in [2.45, 2.75) is 77.0 Å². The van der Waals surface area contributed by atoms with Gasteiger partial charge in [0.15, 0.2) is 0 Å². The van der Waals surface area contributed by atoms with Crippen LogP contribution in [-0.2, 0) is 14.3 Å². The van der Waals surface area contributed by atoms with Crippen LogP contribution in [0.2, 0.25) is 0 Å². The molecule has 2 saturated carbocycles. The molecule has 2 aliphatic carbocycles. The van der Waals surface area contributed by atoms with Crippen molar-refractivity contribution < 1.29 is 29.6 Å². The van der Waals surface area contributed by atoms with Crippen molar-refractivity contribution in [2.24, 2.45) is 22.7 Å². The number of ether oxygens (including phenoxy) is 2. The molecule has 0 aromatic carbocycles. The first-order valence-corrected chi connectivity index (χ1v) is 9.74. The summed E-state index contributed by atoms with van der Waals surface area (Å²) in [5.74, 6) is 0.192. The Kier molecular flexibility index (Phi) is 4.09. The summed E-state index contributed by atoms with van der Waals surface area (Å²) < 4.78 is 10.6. The van der Waals surface area contributed by atoms with Crippen LogP contribution in [0.4, 0.5) is 0 Å². The summed E-state index contributed by atoms with van der Waals surface area (Å²) in [7, 11) is 0. The van der Waals surface area contributed by atoms with Gasteiger partial charge in [0.25, 0.3) is 0 Å². The third kappa shape index (κ3) is 2.35. The number of epoxide rings is 1. The highest BCUT2D eigenvalue weighted by Crippen LogP contribution is 2.68. The highest BCUT2D eigenvalue weighted by molar-refractivity contribution is 5.90. The van der Waals surface area contributed by atoms with E-state index in [9.17, 15) is 20.1 Å². The third-order valence-electron chi connectivity index (χ3n) is 8.30. The molecule has 4 aliphatic rings. The van der Waals surface area contributed by atoms with Gasteiger partial charge < -0.3 is 24.8 Å². The molecule has 6 nitrogen and oxygen atoms in total. The fraction of sp³-hybridized carbons (Fsp3) is 0.850. The van der Waals surface area contributed by atoms with E-state index in [1.165, 1.54) is 6.08 Å². The maximum atomic E-state index is 11.9. The van der Waals surface area contributed by atoms with Crippen molar-refractivity contribution in [3.8, 4) is 0 Å². The van der Waals surface area contributed by atoms with Crippen LogP contribution >= 0.6 is 0 Å². The van der Waals surface area contributed by atoms with Crippen LogP contribution in [0.15, 0.2) is 11.6 Å². The van der Waals surface area contributed by atoms with Gasteiger partial charge in [-0.05, 0) is 55.4 Å². The molecule has 4 rings (SSSR count). The van der Waals surface area contributed by atoms with E-state index in [2.05, 4.69) is 20.8 Å². The molecule has 8 atom stereocenters. The van der Waals surface area contributed by atoms with Gasteiger partial charge in [-0.25, -0.2) is 4.79 Å². The Labute approximate surface area is 154 Å². The smallest absolute Gasteiger partial charge is 0.336 e. The number of cyclic esters (lactones) is 1. The number of carbonyl (C=O) groups is 1. The number of rotatable bonds is 3. The fourth-order valence-electron chi connectivity index (χ4n) is 6.19. The zero-order chi connectivity index (χ0) is 18.9. The molecule has 0 amide bonds. The van der Waals surface area contributed by atoms with E-state index in [1.54, 1.807) is 0 Å². The Morgan fingerprint density at radius 2 is 1.96 bits per heavy atom. The monoisotopic (exact) mass is 366 g/mol. The summed E-state index contributed by atoms with van der Waals surface area (Å²) in [4.78, 5) is 11.9. The van der Waals surface area contributed by atoms with Crippen LogP contribution < -0.4 is 0 Å². The van der Waals surface area contributed by atoms with Crippen LogP contribution in [0.3, 0.4) is 0 Å². The molecule has 3 fully saturated rings. The minimum Gasteiger partial charge on any atom is -0.429 e. The Hall–Kier alpha value is -0.950. The highest BCUT2D eigenvalue weighted by Gasteiger charge is 2.73. The summed E-state index contributed by atoms with van der Waals surface area (Å²) >= 11 is 0. The quantitative estimate of drug-likeness (QED) is 0.517. The van der Waals surface area contributed by atoms with Gasteiger partial charge in [-0.2, -0.15) is 0 Å². The van der Waals surface area contributed by atoms with Crippen LogP contribution in [0.25, 0.3) is 0 Å². The first kappa shape index (κ1) is 18.4. The first-order chi connectivity index (χ1) is 12.1. The van der Waals surface area contributed by atoms with Crippen molar-refractivity contribution in [3.63, 3.8) is 0 Å². The van der Waals surface area contributed by atoms with Gasteiger partial charge in [0.1, 0.15) is 11.7 Å². The number of esters is 1. The molecule has 2 heterocycles. The summed E-state index contributed by atoms with van der Waals surface area (Å²) in [6.07, 6.45) is 2.64. The maximum absolute atomic E-state index is 11.9. The zero-order valence-corrected chi connectivity index (χ0v) is 15.8. The summed E-state index contributed by atoms with van der Waals surface area (Å²) in [5.41, 5.74) is -0.371. The third-order valence-corrected chi connectivity index (χ3v) is 8.30.